The van der Waals surface area contributed by atoms with E-state index in [0.717, 1.165) is 0 Å². The molecule has 0 rings (SSSR count). The van der Waals surface area contributed by atoms with Gasteiger partial charge in [-0.2, -0.15) is 79.0 Å². The van der Waals surface area contributed by atoms with Crippen LogP contribution in [0.1, 0.15) is 0 Å². The summed E-state index contributed by atoms with van der Waals surface area (Å²) in [5.41, 5.74) is 0. The zero-order chi connectivity index (χ0) is 24.0. The molecule has 0 bridgehead atoms. The zero-order valence-corrected chi connectivity index (χ0v) is 12.2. The molecule has 0 radical (unpaired) electrons. The molecule has 0 aromatic rings. The van der Waals surface area contributed by atoms with Gasteiger partial charge >= 0.3 is 48.1 Å². The maximum absolute atomic E-state index is 12.8. The largest absolute Gasteiger partial charge is 0.460 e. The lowest BCUT2D eigenvalue weighted by Gasteiger charge is -2.27. The van der Waals surface area contributed by atoms with E-state index in [9.17, 15) is 79.0 Å². The lowest BCUT2D eigenvalue weighted by molar-refractivity contribution is -0.349. The van der Waals surface area contributed by atoms with Crippen LogP contribution in [-0.2, 0) is 4.74 Å². The highest BCUT2D eigenvalue weighted by atomic mass is 19.4. The Bertz CT molecular complexity index is 618. The molecule has 1 nitrogen and oxygen atoms in total. The number of alkyl halides is 14. The second kappa shape index (κ2) is 7.37. The van der Waals surface area contributed by atoms with E-state index in [2.05, 4.69) is 4.74 Å². The normalized spacial score (nSPS) is 17.0. The smallest absolute Gasteiger partial charge is 0.400 e. The van der Waals surface area contributed by atoms with Crippen LogP contribution in [0.2, 0.25) is 0 Å². The van der Waals surface area contributed by atoms with E-state index in [0.29, 0.717) is 0 Å². The molecular formula is C10F18O. The van der Waals surface area contributed by atoms with Crippen molar-refractivity contribution in [1.82, 2.24) is 0 Å². The first kappa shape index (κ1) is 27.0. The quantitative estimate of drug-likeness (QED) is 0.299. The Labute approximate surface area is 145 Å². The second-order valence-corrected chi connectivity index (χ2v) is 4.57. The Balaban J connectivity index is 6.21. The molecule has 0 spiro atoms. The molecule has 0 unspecified atom stereocenters. The molecular weight excluding hydrogens is 478 g/mol. The molecule has 0 fully saturated rings. The zero-order valence-electron chi connectivity index (χ0n) is 12.2. The molecule has 0 amide bonds. The Kier molecular flexibility index (Phi) is 6.86. The van der Waals surface area contributed by atoms with Gasteiger partial charge in [-0.05, 0) is 0 Å². The fraction of sp³-hybridized carbons (Fsp3) is 0.600. The van der Waals surface area contributed by atoms with Gasteiger partial charge in [0.05, 0.1) is 0 Å². The van der Waals surface area contributed by atoms with Gasteiger partial charge in [-0.25, -0.2) is 0 Å². The van der Waals surface area contributed by atoms with E-state index in [1.165, 1.54) is 0 Å². The van der Waals surface area contributed by atoms with E-state index in [1.54, 1.807) is 0 Å². The van der Waals surface area contributed by atoms with Gasteiger partial charge in [0, 0.05) is 0 Å². The van der Waals surface area contributed by atoms with Crippen molar-refractivity contribution in [2.45, 2.75) is 36.0 Å². The molecule has 0 aliphatic heterocycles. The summed E-state index contributed by atoms with van der Waals surface area (Å²) in [6.45, 7) is 0. The van der Waals surface area contributed by atoms with E-state index >= 15 is 0 Å². The third kappa shape index (κ3) is 4.46. The summed E-state index contributed by atoms with van der Waals surface area (Å²) in [6.07, 6.45) is -14.6. The Morgan fingerprint density at radius 1 is 0.414 bits per heavy atom. The van der Waals surface area contributed by atoms with Gasteiger partial charge in [0.2, 0.25) is 11.7 Å². The van der Waals surface area contributed by atoms with Crippen LogP contribution in [-0.4, -0.2) is 36.0 Å². The van der Waals surface area contributed by atoms with Gasteiger partial charge in [0.15, 0.2) is 0 Å². The van der Waals surface area contributed by atoms with Gasteiger partial charge in [-0.15, -0.1) is 0 Å². The lowest BCUT2D eigenvalue weighted by atomic mass is 10.1. The van der Waals surface area contributed by atoms with Crippen LogP contribution in [0.4, 0.5) is 79.0 Å². The van der Waals surface area contributed by atoms with Crippen LogP contribution < -0.4 is 0 Å². The topological polar surface area (TPSA) is 9.23 Å². The summed E-state index contributed by atoms with van der Waals surface area (Å²) in [7, 11) is 0. The van der Waals surface area contributed by atoms with Crippen molar-refractivity contribution in [2.75, 3.05) is 0 Å². The highest BCUT2D eigenvalue weighted by Gasteiger charge is 2.77. The highest BCUT2D eigenvalue weighted by Crippen LogP contribution is 2.52. The number of ether oxygens (including phenoxy) is 1. The minimum Gasteiger partial charge on any atom is -0.400 e. The molecule has 29 heavy (non-hydrogen) atoms. The average molecular weight is 478 g/mol. The van der Waals surface area contributed by atoms with Gasteiger partial charge in [0.25, 0.3) is 0 Å². The summed E-state index contributed by atoms with van der Waals surface area (Å²) in [4.78, 5) is 0. The summed E-state index contributed by atoms with van der Waals surface area (Å²) in [5, 5.41) is 0. The van der Waals surface area contributed by atoms with Crippen molar-refractivity contribution in [3.63, 3.8) is 0 Å². The van der Waals surface area contributed by atoms with Crippen LogP contribution in [0, 0.1) is 0 Å². The third-order valence-corrected chi connectivity index (χ3v) is 2.58. The molecule has 0 saturated heterocycles. The molecule has 0 aliphatic carbocycles. The molecule has 0 saturated carbocycles. The summed E-state index contributed by atoms with van der Waals surface area (Å²) in [5.74, 6) is -38.9. The molecule has 19 heteroatoms. The van der Waals surface area contributed by atoms with Crippen molar-refractivity contribution < 1.29 is 83.8 Å². The first-order chi connectivity index (χ1) is 12.4. The van der Waals surface area contributed by atoms with Crippen molar-refractivity contribution in [3.05, 3.63) is 23.7 Å². The lowest BCUT2D eigenvalue weighted by Crippen LogP contribution is -2.52. The summed E-state index contributed by atoms with van der Waals surface area (Å²) in [6, 6.07) is -8.67. The van der Waals surface area contributed by atoms with Crippen LogP contribution >= 0.6 is 0 Å². The predicted octanol–water partition coefficient (Wildman–Crippen LogP) is 6.89. The standard InChI is InChI=1S/C10F18O/c11-1(5(15,16)7(19,20)9(23,24)25)3(13)29-4(14)2(12)6(17,18)8(21,22)10(26,27)28. The molecule has 0 aromatic carbocycles. The van der Waals surface area contributed by atoms with Crippen molar-refractivity contribution >= 4 is 0 Å². The van der Waals surface area contributed by atoms with Crippen LogP contribution in [0.25, 0.3) is 0 Å². The van der Waals surface area contributed by atoms with E-state index in [-0.39, 0.29) is 0 Å². The minimum absolute atomic E-state index is 2.08. The summed E-state index contributed by atoms with van der Waals surface area (Å²) < 4.78 is 224. The summed E-state index contributed by atoms with van der Waals surface area (Å²) >= 11 is 0. The number of hydrogen-bond acceptors (Lipinski definition) is 1. The molecule has 0 N–H and O–H groups in total. The molecule has 0 aromatic heterocycles. The Hall–Kier alpha value is -1.98. The fourth-order valence-corrected chi connectivity index (χ4v) is 1.05. The van der Waals surface area contributed by atoms with Crippen molar-refractivity contribution in [2.24, 2.45) is 0 Å². The first-order valence-electron chi connectivity index (χ1n) is 5.81. The molecule has 172 valence electrons. The number of halogens is 18. The maximum atomic E-state index is 12.8. The first-order valence-corrected chi connectivity index (χ1v) is 5.81. The van der Waals surface area contributed by atoms with E-state index in [4.69, 9.17) is 0 Å². The Morgan fingerprint density at radius 2 is 0.621 bits per heavy atom. The van der Waals surface area contributed by atoms with Crippen LogP contribution in [0.3, 0.4) is 0 Å². The minimum atomic E-state index is -7.46. The number of hydrogen-bond donors (Lipinski definition) is 0. The average Bonchev–Trinajstić information content (AvgIpc) is 2.50. The van der Waals surface area contributed by atoms with Crippen molar-refractivity contribution in [1.29, 1.82) is 0 Å². The van der Waals surface area contributed by atoms with E-state index in [1.807, 2.05) is 0 Å². The van der Waals surface area contributed by atoms with Crippen LogP contribution in [0.5, 0.6) is 0 Å². The molecule has 0 aliphatic rings. The van der Waals surface area contributed by atoms with Gasteiger partial charge in [-0.1, -0.05) is 0 Å². The maximum Gasteiger partial charge on any atom is 0.460 e. The monoisotopic (exact) mass is 478 g/mol. The molecule has 0 heterocycles. The number of rotatable bonds is 6. The van der Waals surface area contributed by atoms with E-state index < -0.39 is 59.7 Å². The predicted molar refractivity (Wildman–Crippen MR) is 51.5 cm³/mol. The van der Waals surface area contributed by atoms with Gasteiger partial charge < -0.3 is 4.74 Å². The Morgan fingerprint density at radius 3 is 0.793 bits per heavy atom. The van der Waals surface area contributed by atoms with Gasteiger partial charge in [0.1, 0.15) is 0 Å². The fourth-order valence-electron chi connectivity index (χ4n) is 1.05. The second-order valence-electron chi connectivity index (χ2n) is 4.57. The van der Waals surface area contributed by atoms with Gasteiger partial charge in [-0.3, -0.25) is 0 Å². The van der Waals surface area contributed by atoms with Crippen LogP contribution in [0.15, 0.2) is 23.7 Å². The molecule has 0 atom stereocenters. The number of allylic oxidation sites excluding steroid dienone is 2. The third-order valence-electron chi connectivity index (χ3n) is 2.58. The highest BCUT2D eigenvalue weighted by molar-refractivity contribution is 5.17. The SMILES string of the molecule is FC(OC(F)=C(F)C(F)(F)C(F)(F)C(F)(F)F)=C(F)C(F)(F)C(F)(F)C(F)(F)F. The van der Waals surface area contributed by atoms with Crippen molar-refractivity contribution in [3.8, 4) is 0 Å².